The summed E-state index contributed by atoms with van der Waals surface area (Å²) in [5.74, 6) is 0.0874. The van der Waals surface area contributed by atoms with Gasteiger partial charge in [-0.1, -0.05) is 13.8 Å². The van der Waals surface area contributed by atoms with Crippen molar-refractivity contribution >= 4 is 17.2 Å². The highest BCUT2D eigenvalue weighted by Crippen LogP contribution is 2.28. The number of rotatable bonds is 4. The Morgan fingerprint density at radius 1 is 1.36 bits per heavy atom. The number of carbonyl (C=O) groups is 1. The van der Waals surface area contributed by atoms with Crippen LogP contribution in [0.4, 0.5) is 0 Å². The smallest absolute Gasteiger partial charge is 0.265 e. The lowest BCUT2D eigenvalue weighted by Gasteiger charge is -2.40. The number of amides is 1. The minimum absolute atomic E-state index is 0.0874. The van der Waals surface area contributed by atoms with Gasteiger partial charge in [0.05, 0.1) is 19.4 Å². The molecule has 0 bridgehead atoms. The van der Waals surface area contributed by atoms with Crippen molar-refractivity contribution in [1.29, 1.82) is 0 Å². The topological polar surface area (TPSA) is 54.9 Å². The van der Waals surface area contributed by atoms with E-state index in [9.17, 15) is 4.79 Å². The lowest BCUT2D eigenvalue weighted by Crippen LogP contribution is -2.54. The number of likely N-dealkylation sites (N-methyl/N-ethyl adjacent to an activating group) is 1. The van der Waals surface area contributed by atoms with Crippen molar-refractivity contribution in [1.82, 2.24) is 14.8 Å². The fraction of sp³-hybridized carbons (Fsp3) is 0.733. The summed E-state index contributed by atoms with van der Waals surface area (Å²) in [7, 11) is 0. The molecule has 3 rings (SSSR count). The molecule has 1 aromatic rings. The molecule has 0 aliphatic carbocycles. The number of hydrogen-bond donors (Lipinski definition) is 0. The first-order valence-corrected chi connectivity index (χ1v) is 8.76. The van der Waals surface area contributed by atoms with E-state index in [1.165, 1.54) is 11.3 Å². The predicted octanol–water partition coefficient (Wildman–Crippen LogP) is 1.74. The highest BCUT2D eigenvalue weighted by molar-refractivity contribution is 7.13. The minimum atomic E-state index is -0.398. The van der Waals surface area contributed by atoms with Gasteiger partial charge in [-0.05, 0) is 13.0 Å². The molecular weight excluding hydrogens is 302 g/mol. The second-order valence-corrected chi connectivity index (χ2v) is 6.65. The Kier molecular flexibility index (Phi) is 5.07. The molecule has 22 heavy (non-hydrogen) atoms. The summed E-state index contributed by atoms with van der Waals surface area (Å²) in [4.78, 5) is 22.2. The first-order chi connectivity index (χ1) is 10.7. The number of nitrogens with zero attached hydrogens (tertiary/aromatic N) is 3. The Hall–Kier alpha value is -1.02. The van der Waals surface area contributed by atoms with Crippen molar-refractivity contribution in [3.8, 4) is 0 Å². The molecule has 0 saturated carbocycles. The number of piperazine rings is 1. The molecular formula is C15H23N3O3S. The highest BCUT2D eigenvalue weighted by Gasteiger charge is 2.31. The van der Waals surface area contributed by atoms with Crippen molar-refractivity contribution in [2.75, 3.05) is 39.4 Å². The molecule has 0 radical (unpaired) electrons. The molecule has 2 saturated heterocycles. The van der Waals surface area contributed by atoms with Crippen molar-refractivity contribution in [2.45, 2.75) is 32.6 Å². The number of ether oxygens (including phenoxy) is 2. The van der Waals surface area contributed by atoms with Gasteiger partial charge in [0.15, 0.2) is 0 Å². The zero-order valence-corrected chi connectivity index (χ0v) is 14.0. The Morgan fingerprint density at radius 2 is 2.14 bits per heavy atom. The molecule has 0 N–H and O–H groups in total. The molecule has 0 unspecified atom stereocenters. The van der Waals surface area contributed by atoms with Crippen LogP contribution >= 0.6 is 11.3 Å². The van der Waals surface area contributed by atoms with Crippen LogP contribution in [0, 0.1) is 0 Å². The van der Waals surface area contributed by atoms with E-state index in [0.717, 1.165) is 37.6 Å². The SMILES string of the molecule is CC[C@@H]1CN(CC)CCN1C(=O)c1cnc(C2OCCO2)s1. The Balaban J connectivity index is 1.70. The predicted molar refractivity (Wildman–Crippen MR) is 84.0 cm³/mol. The van der Waals surface area contributed by atoms with Crippen LogP contribution in [0.2, 0.25) is 0 Å². The second-order valence-electron chi connectivity index (χ2n) is 5.59. The van der Waals surface area contributed by atoms with Crippen LogP contribution in [0.3, 0.4) is 0 Å². The van der Waals surface area contributed by atoms with Crippen LogP contribution in [0.15, 0.2) is 6.20 Å². The van der Waals surface area contributed by atoms with Crippen molar-refractivity contribution < 1.29 is 14.3 Å². The normalized spacial score (nSPS) is 24.1. The van der Waals surface area contributed by atoms with Gasteiger partial charge in [-0.15, -0.1) is 11.3 Å². The maximum atomic E-state index is 12.8. The van der Waals surface area contributed by atoms with Gasteiger partial charge in [0.1, 0.15) is 9.88 Å². The summed E-state index contributed by atoms with van der Waals surface area (Å²) < 4.78 is 10.9. The van der Waals surface area contributed by atoms with Crippen LogP contribution in [-0.4, -0.2) is 66.1 Å². The number of aromatic nitrogens is 1. The summed E-state index contributed by atoms with van der Waals surface area (Å²) in [6, 6.07) is 0.283. The quantitative estimate of drug-likeness (QED) is 0.844. The van der Waals surface area contributed by atoms with Gasteiger partial charge < -0.3 is 14.4 Å². The van der Waals surface area contributed by atoms with Crippen LogP contribution in [0.5, 0.6) is 0 Å². The molecule has 122 valence electrons. The molecule has 0 aromatic carbocycles. The Morgan fingerprint density at radius 3 is 2.82 bits per heavy atom. The van der Waals surface area contributed by atoms with E-state index in [2.05, 4.69) is 23.7 Å². The first kappa shape index (κ1) is 15.9. The summed E-state index contributed by atoms with van der Waals surface area (Å²) in [6.07, 6.45) is 2.24. The van der Waals surface area contributed by atoms with Gasteiger partial charge in [-0.25, -0.2) is 4.98 Å². The monoisotopic (exact) mass is 325 g/mol. The van der Waals surface area contributed by atoms with Crippen molar-refractivity contribution in [2.24, 2.45) is 0 Å². The van der Waals surface area contributed by atoms with Gasteiger partial charge in [-0.2, -0.15) is 0 Å². The molecule has 2 aliphatic heterocycles. The van der Waals surface area contributed by atoms with Gasteiger partial charge in [0, 0.05) is 25.7 Å². The molecule has 6 nitrogen and oxygen atoms in total. The van der Waals surface area contributed by atoms with E-state index < -0.39 is 6.29 Å². The fourth-order valence-corrected chi connectivity index (χ4v) is 3.83. The van der Waals surface area contributed by atoms with Crippen LogP contribution in [0.25, 0.3) is 0 Å². The second kappa shape index (κ2) is 7.04. The van der Waals surface area contributed by atoms with E-state index in [1.54, 1.807) is 6.20 Å². The molecule has 2 fully saturated rings. The van der Waals surface area contributed by atoms with E-state index >= 15 is 0 Å². The number of carbonyl (C=O) groups excluding carboxylic acids is 1. The van der Waals surface area contributed by atoms with Crippen LogP contribution < -0.4 is 0 Å². The van der Waals surface area contributed by atoms with E-state index in [-0.39, 0.29) is 11.9 Å². The Bertz CT molecular complexity index is 516. The van der Waals surface area contributed by atoms with Gasteiger partial charge in [0.2, 0.25) is 6.29 Å². The van der Waals surface area contributed by atoms with Crippen LogP contribution in [0.1, 0.15) is 41.2 Å². The third-order valence-corrected chi connectivity index (χ3v) is 5.31. The molecule has 7 heteroatoms. The fourth-order valence-electron chi connectivity index (χ4n) is 2.96. The Labute approximate surface area is 135 Å². The number of hydrogen-bond acceptors (Lipinski definition) is 6. The van der Waals surface area contributed by atoms with Gasteiger partial charge in [-0.3, -0.25) is 9.69 Å². The van der Waals surface area contributed by atoms with Crippen molar-refractivity contribution in [3.05, 3.63) is 16.1 Å². The van der Waals surface area contributed by atoms with E-state index in [0.29, 0.717) is 18.1 Å². The summed E-state index contributed by atoms with van der Waals surface area (Å²) in [6.45, 7) is 9.21. The molecule has 2 aliphatic rings. The zero-order chi connectivity index (χ0) is 15.5. The average molecular weight is 325 g/mol. The molecule has 1 atom stereocenters. The van der Waals surface area contributed by atoms with E-state index in [4.69, 9.17) is 9.47 Å². The summed E-state index contributed by atoms with van der Waals surface area (Å²) >= 11 is 1.39. The first-order valence-electron chi connectivity index (χ1n) is 7.95. The largest absolute Gasteiger partial charge is 0.344 e. The lowest BCUT2D eigenvalue weighted by molar-refractivity contribution is -0.0442. The van der Waals surface area contributed by atoms with Crippen LogP contribution in [-0.2, 0) is 9.47 Å². The standard InChI is InChI=1S/C15H23N3O3S/c1-3-11-10-17(4-2)5-6-18(11)14(19)12-9-16-13(22-12)15-20-7-8-21-15/h9,11,15H,3-8,10H2,1-2H3/t11-/m1/s1. The number of thiazole rings is 1. The molecule has 1 aromatic heterocycles. The van der Waals surface area contributed by atoms with E-state index in [1.807, 2.05) is 4.90 Å². The van der Waals surface area contributed by atoms with Gasteiger partial charge >= 0.3 is 0 Å². The van der Waals surface area contributed by atoms with Gasteiger partial charge in [0.25, 0.3) is 5.91 Å². The molecule has 1 amide bonds. The zero-order valence-electron chi connectivity index (χ0n) is 13.2. The average Bonchev–Trinajstić information content (AvgIpc) is 3.24. The summed E-state index contributed by atoms with van der Waals surface area (Å²) in [5, 5.41) is 0.737. The highest BCUT2D eigenvalue weighted by atomic mass is 32.1. The maximum absolute atomic E-state index is 12.8. The lowest BCUT2D eigenvalue weighted by atomic mass is 10.1. The molecule has 3 heterocycles. The maximum Gasteiger partial charge on any atom is 0.265 e. The molecule has 0 spiro atoms. The van der Waals surface area contributed by atoms with Crippen molar-refractivity contribution in [3.63, 3.8) is 0 Å². The summed E-state index contributed by atoms with van der Waals surface area (Å²) in [5.41, 5.74) is 0. The third-order valence-electron chi connectivity index (χ3n) is 4.30. The minimum Gasteiger partial charge on any atom is -0.344 e. The third kappa shape index (κ3) is 3.17.